The number of anilines is 1. The lowest BCUT2D eigenvalue weighted by molar-refractivity contribution is -0.126. The van der Waals surface area contributed by atoms with Gasteiger partial charge in [0, 0.05) is 30.4 Å². The van der Waals surface area contributed by atoms with Gasteiger partial charge in [0.2, 0.25) is 15.9 Å². The minimum absolute atomic E-state index is 0.0541. The Kier molecular flexibility index (Phi) is 7.92. The van der Waals surface area contributed by atoms with Gasteiger partial charge >= 0.3 is 0 Å². The number of sulfonamides is 1. The Balaban J connectivity index is 1.17. The summed E-state index contributed by atoms with van der Waals surface area (Å²) in [6.07, 6.45) is 2.36. The Labute approximate surface area is 222 Å². The Bertz CT molecular complexity index is 1390. The molecule has 2 aliphatic rings. The number of benzene rings is 2. The van der Waals surface area contributed by atoms with Crippen LogP contribution in [0.4, 0.5) is 10.2 Å². The van der Waals surface area contributed by atoms with Crippen LogP contribution in [-0.4, -0.2) is 51.7 Å². The summed E-state index contributed by atoms with van der Waals surface area (Å²) in [5, 5.41) is 3.77. The second kappa shape index (κ2) is 11.3. The van der Waals surface area contributed by atoms with Crippen LogP contribution in [0.3, 0.4) is 0 Å². The van der Waals surface area contributed by atoms with Crippen molar-refractivity contribution in [2.24, 2.45) is 5.92 Å². The largest absolute Gasteiger partial charge is 0.378 e. The zero-order valence-corrected chi connectivity index (χ0v) is 22.2. The first-order chi connectivity index (χ1) is 18.3. The highest BCUT2D eigenvalue weighted by molar-refractivity contribution is 7.89. The molecule has 202 valence electrons. The van der Waals surface area contributed by atoms with Gasteiger partial charge in [0.05, 0.1) is 29.7 Å². The van der Waals surface area contributed by atoms with Gasteiger partial charge in [0.1, 0.15) is 11.6 Å². The van der Waals surface area contributed by atoms with Gasteiger partial charge in [-0.3, -0.25) is 4.79 Å². The van der Waals surface area contributed by atoms with Crippen molar-refractivity contribution in [3.63, 3.8) is 0 Å². The molecule has 2 N–H and O–H groups in total. The third kappa shape index (κ3) is 6.14. The zero-order valence-electron chi connectivity index (χ0n) is 21.4. The van der Waals surface area contributed by atoms with Gasteiger partial charge in [-0.25, -0.2) is 22.5 Å². The second-order valence-electron chi connectivity index (χ2n) is 10.1. The summed E-state index contributed by atoms with van der Waals surface area (Å²) in [6, 6.07) is 14.5. The first kappa shape index (κ1) is 26.5. The van der Waals surface area contributed by atoms with E-state index in [-0.39, 0.29) is 34.6 Å². The van der Waals surface area contributed by atoms with Crippen LogP contribution in [-0.2, 0) is 19.6 Å². The zero-order chi connectivity index (χ0) is 26.7. The van der Waals surface area contributed by atoms with E-state index in [0.717, 1.165) is 35.4 Å². The molecule has 1 saturated heterocycles. The molecule has 10 heteroatoms. The number of ether oxygens (including phenoxy) is 1. The van der Waals surface area contributed by atoms with Crippen molar-refractivity contribution in [2.45, 2.75) is 49.6 Å². The van der Waals surface area contributed by atoms with E-state index in [1.807, 2.05) is 19.1 Å². The highest BCUT2D eigenvalue weighted by atomic mass is 32.2. The fraction of sp³-hybridized carbons (Fsp3) is 0.429. The fourth-order valence-electron chi connectivity index (χ4n) is 5.16. The minimum Gasteiger partial charge on any atom is -0.378 e. The summed E-state index contributed by atoms with van der Waals surface area (Å²) in [4.78, 5) is 19.8. The van der Waals surface area contributed by atoms with Crippen molar-refractivity contribution in [1.82, 2.24) is 15.0 Å². The maximum absolute atomic E-state index is 13.2. The normalized spacial score (nSPS) is 21.3. The lowest BCUT2D eigenvalue weighted by atomic mass is 9.85. The molecule has 1 aliphatic heterocycles. The number of hydrogen-bond donors (Lipinski definition) is 2. The van der Waals surface area contributed by atoms with Gasteiger partial charge in [-0.1, -0.05) is 12.1 Å². The summed E-state index contributed by atoms with van der Waals surface area (Å²) in [5.41, 5.74) is 1.58. The van der Waals surface area contributed by atoms with E-state index in [2.05, 4.69) is 14.9 Å². The molecule has 2 aromatic carbocycles. The summed E-state index contributed by atoms with van der Waals surface area (Å²) in [5.74, 6) is 0.321. The molecule has 3 aromatic rings. The van der Waals surface area contributed by atoms with E-state index >= 15 is 0 Å². The predicted octanol–water partition coefficient (Wildman–Crippen LogP) is 3.93. The molecule has 0 unspecified atom stereocenters. The second-order valence-corrected chi connectivity index (χ2v) is 11.8. The van der Waals surface area contributed by atoms with Crippen molar-refractivity contribution in [3.8, 4) is 0 Å². The number of fused-ring (bicyclic) bond motifs is 1. The quantitative estimate of drug-likeness (QED) is 0.471. The molecule has 38 heavy (non-hydrogen) atoms. The van der Waals surface area contributed by atoms with Crippen LogP contribution < -0.4 is 14.9 Å². The van der Waals surface area contributed by atoms with E-state index in [9.17, 15) is 17.6 Å². The predicted molar refractivity (Wildman–Crippen MR) is 144 cm³/mol. The van der Waals surface area contributed by atoms with E-state index in [1.54, 1.807) is 30.3 Å². The van der Waals surface area contributed by atoms with Gasteiger partial charge in [0.15, 0.2) is 0 Å². The molecule has 1 atom stereocenters. The molecule has 1 aliphatic carbocycles. The number of pyridine rings is 1. The smallest absolute Gasteiger partial charge is 0.240 e. The molecule has 2 fully saturated rings. The third-order valence-corrected chi connectivity index (χ3v) is 8.96. The van der Waals surface area contributed by atoms with Crippen molar-refractivity contribution in [1.29, 1.82) is 0 Å². The Hall–Kier alpha value is -3.08. The maximum Gasteiger partial charge on any atom is 0.240 e. The standard InChI is InChI=1S/C28H33FN4O4S/c1-19(20-2-7-23(29)8-3-20)30-28(34)21-4-9-24(10-5-21)32-38(35,36)25-11-12-26-22(18-25)6-13-27(31-26)33-14-16-37-17-15-33/h2-3,6-8,11-13,18-19,21,24,32H,4-5,9-10,14-17H2,1H3,(H,30,34)/t19-,21-,24-/m1/s1. The molecular weight excluding hydrogens is 507 g/mol. The van der Waals surface area contributed by atoms with Crippen LogP contribution in [0.15, 0.2) is 59.5 Å². The maximum atomic E-state index is 13.2. The number of nitrogens with one attached hydrogen (secondary N) is 2. The van der Waals surface area contributed by atoms with Gasteiger partial charge in [0.25, 0.3) is 0 Å². The van der Waals surface area contributed by atoms with Crippen molar-refractivity contribution in [2.75, 3.05) is 31.2 Å². The van der Waals surface area contributed by atoms with E-state index < -0.39 is 10.0 Å². The highest BCUT2D eigenvalue weighted by Gasteiger charge is 2.30. The van der Waals surface area contributed by atoms with Gasteiger partial charge in [-0.05, 0) is 80.6 Å². The Morgan fingerprint density at radius 1 is 1.03 bits per heavy atom. The van der Waals surface area contributed by atoms with Crippen LogP contribution in [0.5, 0.6) is 0 Å². The topological polar surface area (TPSA) is 101 Å². The first-order valence-corrected chi connectivity index (χ1v) is 14.6. The molecule has 0 spiro atoms. The third-order valence-electron chi connectivity index (χ3n) is 7.44. The number of nitrogens with zero attached hydrogens (tertiary/aromatic N) is 2. The van der Waals surface area contributed by atoms with Gasteiger partial charge in [-0.2, -0.15) is 0 Å². The SMILES string of the molecule is C[C@@H](NC(=O)[C@H]1CC[C@H](NS(=O)(=O)c2ccc3nc(N4CCOCC4)ccc3c2)CC1)c1ccc(F)cc1. The van der Waals surface area contributed by atoms with Crippen molar-refractivity contribution >= 4 is 32.7 Å². The van der Waals surface area contributed by atoms with Gasteiger partial charge in [-0.15, -0.1) is 0 Å². The number of carbonyl (C=O) groups is 1. The molecule has 0 bridgehead atoms. The number of carbonyl (C=O) groups excluding carboxylic acids is 1. The number of amides is 1. The molecule has 1 saturated carbocycles. The summed E-state index contributed by atoms with van der Waals surface area (Å²) < 4.78 is 47.7. The first-order valence-electron chi connectivity index (χ1n) is 13.1. The summed E-state index contributed by atoms with van der Waals surface area (Å²) in [7, 11) is -3.71. The molecule has 2 heterocycles. The number of aromatic nitrogens is 1. The van der Waals surface area contributed by atoms with Crippen molar-refractivity contribution in [3.05, 3.63) is 66.0 Å². The minimum atomic E-state index is -3.71. The van der Waals surface area contributed by atoms with Crippen LogP contribution in [0.1, 0.15) is 44.2 Å². The number of hydrogen-bond acceptors (Lipinski definition) is 6. The van der Waals surface area contributed by atoms with E-state index in [1.165, 1.54) is 12.1 Å². The number of rotatable bonds is 7. The average molecular weight is 541 g/mol. The van der Waals surface area contributed by atoms with Crippen LogP contribution in [0, 0.1) is 11.7 Å². The monoisotopic (exact) mass is 540 g/mol. The summed E-state index contributed by atoms with van der Waals surface area (Å²) >= 11 is 0. The summed E-state index contributed by atoms with van der Waals surface area (Å²) in [6.45, 7) is 4.78. The Morgan fingerprint density at radius 3 is 2.45 bits per heavy atom. The lowest BCUT2D eigenvalue weighted by Gasteiger charge is -2.29. The molecule has 8 nitrogen and oxygen atoms in total. The average Bonchev–Trinajstić information content (AvgIpc) is 2.93. The van der Waals surface area contributed by atoms with E-state index in [0.29, 0.717) is 38.9 Å². The van der Waals surface area contributed by atoms with Gasteiger partial charge < -0.3 is 15.0 Å². The molecule has 5 rings (SSSR count). The van der Waals surface area contributed by atoms with E-state index in [4.69, 9.17) is 9.72 Å². The van der Waals surface area contributed by atoms with Crippen LogP contribution >= 0.6 is 0 Å². The molecule has 1 aromatic heterocycles. The van der Waals surface area contributed by atoms with Crippen LogP contribution in [0.2, 0.25) is 0 Å². The number of halogens is 1. The Morgan fingerprint density at radius 2 is 1.74 bits per heavy atom. The highest BCUT2D eigenvalue weighted by Crippen LogP contribution is 2.28. The van der Waals surface area contributed by atoms with Crippen LogP contribution in [0.25, 0.3) is 10.9 Å². The number of morpholine rings is 1. The lowest BCUT2D eigenvalue weighted by Crippen LogP contribution is -2.41. The fourth-order valence-corrected chi connectivity index (χ4v) is 6.50. The molecular formula is C28H33FN4O4S. The van der Waals surface area contributed by atoms with Crippen molar-refractivity contribution < 1.29 is 22.3 Å². The molecule has 0 radical (unpaired) electrons. The molecule has 1 amide bonds.